The average molecular weight is 292 g/mol. The van der Waals surface area contributed by atoms with Gasteiger partial charge in [0.05, 0.1) is 21.9 Å². The number of nitrogens with two attached hydrogens (primary N) is 1. The molecule has 0 aliphatic carbocycles. The van der Waals surface area contributed by atoms with Crippen LogP contribution in [0.15, 0.2) is 30.3 Å². The Morgan fingerprint density at radius 3 is 2.84 bits per heavy atom. The molecule has 19 heavy (non-hydrogen) atoms. The van der Waals surface area contributed by atoms with E-state index in [9.17, 15) is 0 Å². The van der Waals surface area contributed by atoms with E-state index in [1.165, 1.54) is 4.88 Å². The normalized spacial score (nSPS) is 11.3. The molecule has 2 heterocycles. The smallest absolute Gasteiger partial charge is 0.109 e. The molecule has 5 heteroatoms. The minimum Gasteiger partial charge on any atom is -0.399 e. The minimum atomic E-state index is 0.749. The van der Waals surface area contributed by atoms with Crippen LogP contribution in [-0.2, 0) is 13.0 Å². The van der Waals surface area contributed by atoms with E-state index in [-0.39, 0.29) is 0 Å². The Morgan fingerprint density at radius 1 is 1.32 bits per heavy atom. The second kappa shape index (κ2) is 4.87. The summed E-state index contributed by atoms with van der Waals surface area (Å²) in [4.78, 5) is 5.88. The Morgan fingerprint density at radius 2 is 2.16 bits per heavy atom. The highest BCUT2D eigenvalue weighted by atomic mass is 35.5. The second-order valence-corrected chi connectivity index (χ2v) is 6.22. The third-order valence-electron chi connectivity index (χ3n) is 3.11. The summed E-state index contributed by atoms with van der Waals surface area (Å²) in [5, 5.41) is 0. The van der Waals surface area contributed by atoms with Crippen molar-refractivity contribution in [3.8, 4) is 0 Å². The largest absolute Gasteiger partial charge is 0.399 e. The zero-order chi connectivity index (χ0) is 13.4. The van der Waals surface area contributed by atoms with Gasteiger partial charge in [-0.05, 0) is 30.3 Å². The lowest BCUT2D eigenvalue weighted by molar-refractivity contribution is 0.761. The van der Waals surface area contributed by atoms with Crippen LogP contribution in [0.5, 0.6) is 0 Å². The van der Waals surface area contributed by atoms with Crippen molar-refractivity contribution in [3.63, 3.8) is 0 Å². The van der Waals surface area contributed by atoms with E-state index in [2.05, 4.69) is 22.5 Å². The molecule has 0 fully saturated rings. The summed E-state index contributed by atoms with van der Waals surface area (Å²) >= 11 is 7.60. The van der Waals surface area contributed by atoms with Crippen LogP contribution in [0.3, 0.4) is 0 Å². The van der Waals surface area contributed by atoms with Crippen molar-refractivity contribution in [1.29, 1.82) is 0 Å². The molecule has 0 atom stereocenters. The fraction of sp³-hybridized carbons (Fsp3) is 0.214. The van der Waals surface area contributed by atoms with Gasteiger partial charge in [-0.25, -0.2) is 4.98 Å². The van der Waals surface area contributed by atoms with Crippen LogP contribution >= 0.6 is 22.9 Å². The molecule has 0 amide bonds. The number of imidazole rings is 1. The van der Waals surface area contributed by atoms with Crippen molar-refractivity contribution in [1.82, 2.24) is 9.55 Å². The number of benzene rings is 1. The van der Waals surface area contributed by atoms with Crippen LogP contribution in [0.4, 0.5) is 5.69 Å². The van der Waals surface area contributed by atoms with Crippen molar-refractivity contribution >= 4 is 39.7 Å². The van der Waals surface area contributed by atoms with Crippen molar-refractivity contribution in [2.24, 2.45) is 0 Å². The van der Waals surface area contributed by atoms with Crippen molar-refractivity contribution in [2.45, 2.75) is 19.9 Å². The van der Waals surface area contributed by atoms with Crippen molar-refractivity contribution in [3.05, 3.63) is 45.4 Å². The van der Waals surface area contributed by atoms with Gasteiger partial charge >= 0.3 is 0 Å². The van der Waals surface area contributed by atoms with Crippen LogP contribution in [0.2, 0.25) is 4.34 Å². The number of halogens is 1. The lowest BCUT2D eigenvalue weighted by Gasteiger charge is -2.06. The van der Waals surface area contributed by atoms with Crippen molar-refractivity contribution in [2.75, 3.05) is 5.73 Å². The monoisotopic (exact) mass is 291 g/mol. The highest BCUT2D eigenvalue weighted by Crippen LogP contribution is 2.25. The zero-order valence-electron chi connectivity index (χ0n) is 10.6. The maximum absolute atomic E-state index is 5.99. The number of rotatable bonds is 3. The molecule has 0 bridgehead atoms. The maximum Gasteiger partial charge on any atom is 0.109 e. The van der Waals surface area contributed by atoms with Gasteiger partial charge in [-0.2, -0.15) is 0 Å². The molecule has 3 aromatic rings. The predicted octanol–water partition coefficient (Wildman–Crippen LogP) is 3.94. The topological polar surface area (TPSA) is 43.8 Å². The lowest BCUT2D eigenvalue weighted by Crippen LogP contribution is -2.03. The summed E-state index contributed by atoms with van der Waals surface area (Å²) in [6.07, 6.45) is 0.897. The summed E-state index contributed by atoms with van der Waals surface area (Å²) in [5.74, 6) is 1.07. The fourth-order valence-electron chi connectivity index (χ4n) is 2.24. The van der Waals surface area contributed by atoms with E-state index >= 15 is 0 Å². The first-order valence-electron chi connectivity index (χ1n) is 6.16. The Labute approximate surface area is 120 Å². The van der Waals surface area contributed by atoms with Crippen LogP contribution in [-0.4, -0.2) is 9.55 Å². The van der Waals surface area contributed by atoms with E-state index in [1.807, 2.05) is 24.3 Å². The number of nitrogens with zero attached hydrogens (tertiary/aromatic N) is 2. The van der Waals surface area contributed by atoms with Gasteiger partial charge in [0.1, 0.15) is 5.82 Å². The molecular weight excluding hydrogens is 278 g/mol. The number of thiophene rings is 1. The molecule has 0 saturated heterocycles. The van der Waals surface area contributed by atoms with Gasteiger partial charge in [-0.3, -0.25) is 0 Å². The van der Waals surface area contributed by atoms with E-state index in [0.717, 1.165) is 39.8 Å². The first-order chi connectivity index (χ1) is 9.17. The van der Waals surface area contributed by atoms with Crippen LogP contribution in [0, 0.1) is 0 Å². The number of aromatic nitrogens is 2. The first kappa shape index (κ1) is 12.5. The Bertz CT molecular complexity index is 729. The van der Waals surface area contributed by atoms with Gasteiger partial charge in [-0.1, -0.05) is 18.5 Å². The zero-order valence-corrected chi connectivity index (χ0v) is 12.1. The van der Waals surface area contributed by atoms with Gasteiger partial charge in [0.2, 0.25) is 0 Å². The molecular formula is C14H14ClN3S. The fourth-order valence-corrected chi connectivity index (χ4v) is 3.31. The van der Waals surface area contributed by atoms with Gasteiger partial charge in [0, 0.05) is 17.0 Å². The third-order valence-corrected chi connectivity index (χ3v) is 4.33. The van der Waals surface area contributed by atoms with Crippen LogP contribution < -0.4 is 5.73 Å². The van der Waals surface area contributed by atoms with E-state index < -0.39 is 0 Å². The Balaban J connectivity index is 2.10. The summed E-state index contributed by atoms with van der Waals surface area (Å²) in [5.41, 5.74) is 8.64. The van der Waals surface area contributed by atoms with Crippen LogP contribution in [0.1, 0.15) is 17.6 Å². The van der Waals surface area contributed by atoms with Gasteiger partial charge in [0.25, 0.3) is 0 Å². The molecule has 0 saturated carbocycles. The number of hydrogen-bond donors (Lipinski definition) is 1. The van der Waals surface area contributed by atoms with Crippen LogP contribution in [0.25, 0.3) is 11.0 Å². The molecule has 0 unspecified atom stereocenters. The molecule has 0 aliphatic rings. The number of hydrogen-bond acceptors (Lipinski definition) is 3. The summed E-state index contributed by atoms with van der Waals surface area (Å²) in [7, 11) is 0. The molecule has 0 aliphatic heterocycles. The van der Waals surface area contributed by atoms with Gasteiger partial charge in [0.15, 0.2) is 0 Å². The van der Waals surface area contributed by atoms with E-state index in [0.29, 0.717) is 0 Å². The highest BCUT2D eigenvalue weighted by molar-refractivity contribution is 7.16. The Hall–Kier alpha value is -1.52. The molecule has 3 rings (SSSR count). The summed E-state index contributed by atoms with van der Waals surface area (Å²) in [6.45, 7) is 2.92. The second-order valence-electron chi connectivity index (χ2n) is 4.42. The number of nitrogen functional groups attached to an aromatic ring is 1. The summed E-state index contributed by atoms with van der Waals surface area (Å²) < 4.78 is 3.05. The highest BCUT2D eigenvalue weighted by Gasteiger charge is 2.10. The van der Waals surface area contributed by atoms with Gasteiger partial charge < -0.3 is 10.3 Å². The SMILES string of the molecule is CCc1nc2cc(N)ccc2n1Cc1ccc(Cl)s1. The molecule has 3 nitrogen and oxygen atoms in total. The quantitative estimate of drug-likeness (QED) is 0.743. The third kappa shape index (κ3) is 2.33. The maximum atomic E-state index is 5.99. The number of aryl methyl sites for hydroxylation is 1. The molecule has 2 aromatic heterocycles. The van der Waals surface area contributed by atoms with E-state index in [1.54, 1.807) is 11.3 Å². The minimum absolute atomic E-state index is 0.749. The standard InChI is InChI=1S/C14H14ClN3S/c1-2-14-17-11-7-9(16)3-5-12(11)18(14)8-10-4-6-13(15)19-10/h3-7H,2,8,16H2,1H3. The average Bonchev–Trinajstić information content (AvgIpc) is 2.94. The molecule has 0 spiro atoms. The molecule has 1 aromatic carbocycles. The summed E-state index contributed by atoms with van der Waals surface area (Å²) in [6, 6.07) is 9.87. The molecule has 98 valence electrons. The predicted molar refractivity (Wildman–Crippen MR) is 82.0 cm³/mol. The molecule has 0 radical (unpaired) electrons. The lowest BCUT2D eigenvalue weighted by atomic mass is 10.3. The number of fused-ring (bicyclic) bond motifs is 1. The van der Waals surface area contributed by atoms with E-state index in [4.69, 9.17) is 17.3 Å². The van der Waals surface area contributed by atoms with Crippen molar-refractivity contribution < 1.29 is 0 Å². The van der Waals surface area contributed by atoms with Gasteiger partial charge in [-0.15, -0.1) is 11.3 Å². The number of anilines is 1. The Kier molecular flexibility index (Phi) is 3.21. The molecule has 2 N–H and O–H groups in total. The first-order valence-corrected chi connectivity index (χ1v) is 7.35.